The number of carbonyl (C=O) groups excluding carboxylic acids is 1. The van der Waals surface area contributed by atoms with Crippen molar-refractivity contribution in [2.45, 2.75) is 25.0 Å². The molecule has 136 valence electrons. The molecule has 2 atom stereocenters. The molecule has 2 aromatic rings. The van der Waals surface area contributed by atoms with E-state index < -0.39 is 23.5 Å². The molecule has 0 bridgehead atoms. The number of thiophene rings is 1. The Bertz CT molecular complexity index is 818. The van der Waals surface area contributed by atoms with Gasteiger partial charge in [-0.3, -0.25) is 9.80 Å². The van der Waals surface area contributed by atoms with Gasteiger partial charge in [0.1, 0.15) is 11.3 Å². The van der Waals surface area contributed by atoms with Crippen LogP contribution in [0.1, 0.15) is 18.9 Å². The average molecular weight is 373 g/mol. The fourth-order valence-electron chi connectivity index (χ4n) is 2.69. The zero-order valence-electron chi connectivity index (χ0n) is 14.1. The van der Waals surface area contributed by atoms with Gasteiger partial charge in [0.2, 0.25) is 0 Å². The van der Waals surface area contributed by atoms with Crippen molar-refractivity contribution in [3.63, 3.8) is 0 Å². The molecule has 2 unspecified atom stereocenters. The van der Waals surface area contributed by atoms with Crippen molar-refractivity contribution in [2.75, 3.05) is 11.6 Å². The second-order valence-electron chi connectivity index (χ2n) is 6.25. The Balaban J connectivity index is 1.72. The lowest BCUT2D eigenvalue weighted by Gasteiger charge is -2.22. The Hall–Kier alpha value is -2.71. The molecule has 8 heteroatoms. The largest absolute Gasteiger partial charge is 0.480 e. The van der Waals surface area contributed by atoms with Gasteiger partial charge < -0.3 is 15.5 Å². The number of nitrogens with zero attached hydrogens (tertiary/aromatic N) is 2. The lowest BCUT2D eigenvalue weighted by atomic mass is 9.99. The Morgan fingerprint density at radius 1 is 1.35 bits per heavy atom. The van der Waals surface area contributed by atoms with Gasteiger partial charge >= 0.3 is 5.97 Å². The zero-order chi connectivity index (χ0) is 18.7. The molecular weight excluding hydrogens is 354 g/mol. The number of carboxylic acid groups (broad SMARTS) is 1. The highest BCUT2D eigenvalue weighted by molar-refractivity contribution is 7.08. The van der Waals surface area contributed by atoms with Gasteiger partial charge in [0.05, 0.1) is 12.2 Å². The van der Waals surface area contributed by atoms with Crippen LogP contribution < -0.4 is 10.3 Å². The molecule has 3 rings (SSSR count). The van der Waals surface area contributed by atoms with Crippen LogP contribution in [0, 0.1) is 0 Å². The standard InChI is InChI=1S/C18H19N3O4S/c1-18(25,12-7-8-26-10-12)11-19-16(22)14-9-15(17(23)24)21(20-14)13-5-3-2-4-6-13/h2-8,10,15,25H,9,11H2,1H3,(H,19,22)(H,23,24). The highest BCUT2D eigenvalue weighted by atomic mass is 32.1. The first kappa shape index (κ1) is 18.1. The van der Waals surface area contributed by atoms with Gasteiger partial charge in [-0.25, -0.2) is 4.79 Å². The van der Waals surface area contributed by atoms with Crippen LogP contribution in [-0.4, -0.2) is 40.4 Å². The zero-order valence-corrected chi connectivity index (χ0v) is 14.9. The maximum Gasteiger partial charge on any atom is 0.328 e. The third-order valence-corrected chi connectivity index (χ3v) is 4.90. The maximum absolute atomic E-state index is 12.4. The summed E-state index contributed by atoms with van der Waals surface area (Å²) in [5.74, 6) is -1.53. The monoisotopic (exact) mass is 373 g/mol. The number of nitrogens with one attached hydrogen (secondary N) is 1. The summed E-state index contributed by atoms with van der Waals surface area (Å²) in [5, 5.41) is 31.8. The molecule has 0 aliphatic carbocycles. The fourth-order valence-corrected chi connectivity index (χ4v) is 3.47. The lowest BCUT2D eigenvalue weighted by Crippen LogP contribution is -2.41. The summed E-state index contributed by atoms with van der Waals surface area (Å²) in [5.41, 5.74) is 0.237. The van der Waals surface area contributed by atoms with Crippen LogP contribution in [0.15, 0.2) is 52.3 Å². The molecule has 0 radical (unpaired) electrons. The Labute approximate surface area is 154 Å². The smallest absolute Gasteiger partial charge is 0.328 e. The molecule has 1 aromatic carbocycles. The summed E-state index contributed by atoms with van der Waals surface area (Å²) >= 11 is 1.46. The Kier molecular flexibility index (Phi) is 5.06. The van der Waals surface area contributed by atoms with Crippen LogP contribution in [0.4, 0.5) is 5.69 Å². The number of amides is 1. The molecule has 2 heterocycles. The lowest BCUT2D eigenvalue weighted by molar-refractivity contribution is -0.138. The second-order valence-corrected chi connectivity index (χ2v) is 7.03. The van der Waals surface area contributed by atoms with E-state index in [2.05, 4.69) is 10.4 Å². The summed E-state index contributed by atoms with van der Waals surface area (Å²) < 4.78 is 0. The van der Waals surface area contributed by atoms with E-state index in [0.717, 1.165) is 0 Å². The number of carbonyl (C=O) groups is 2. The van der Waals surface area contributed by atoms with E-state index in [1.165, 1.54) is 16.3 Å². The number of rotatable bonds is 6. The highest BCUT2D eigenvalue weighted by Gasteiger charge is 2.36. The molecule has 7 nitrogen and oxygen atoms in total. The third kappa shape index (κ3) is 3.76. The van der Waals surface area contributed by atoms with E-state index in [4.69, 9.17) is 0 Å². The predicted molar refractivity (Wildman–Crippen MR) is 99.3 cm³/mol. The molecule has 1 aliphatic heterocycles. The predicted octanol–water partition coefficient (Wildman–Crippen LogP) is 1.79. The number of benzene rings is 1. The molecule has 1 aliphatic rings. The van der Waals surface area contributed by atoms with Crippen LogP contribution >= 0.6 is 11.3 Å². The quantitative estimate of drug-likeness (QED) is 0.716. The Morgan fingerprint density at radius 3 is 2.69 bits per heavy atom. The topological polar surface area (TPSA) is 102 Å². The summed E-state index contributed by atoms with van der Waals surface area (Å²) in [4.78, 5) is 24.0. The molecule has 0 fully saturated rings. The summed E-state index contributed by atoms with van der Waals surface area (Å²) in [7, 11) is 0. The van der Waals surface area contributed by atoms with Crippen molar-refractivity contribution in [3.05, 3.63) is 52.7 Å². The number of anilines is 1. The maximum atomic E-state index is 12.4. The van der Waals surface area contributed by atoms with Crippen LogP contribution in [0.5, 0.6) is 0 Å². The normalized spacial score (nSPS) is 18.9. The fraction of sp³-hybridized carbons (Fsp3) is 0.278. The first-order valence-electron chi connectivity index (χ1n) is 8.06. The first-order valence-corrected chi connectivity index (χ1v) is 9.00. The van der Waals surface area contributed by atoms with Crippen molar-refractivity contribution in [3.8, 4) is 0 Å². The molecule has 0 saturated carbocycles. The van der Waals surface area contributed by atoms with E-state index in [1.807, 2.05) is 16.8 Å². The molecule has 1 aromatic heterocycles. The molecule has 0 spiro atoms. The molecule has 3 N–H and O–H groups in total. The van der Waals surface area contributed by atoms with E-state index in [9.17, 15) is 19.8 Å². The number of aliphatic hydroxyl groups is 1. The average Bonchev–Trinajstić information content (AvgIpc) is 3.30. The number of aliphatic carboxylic acids is 1. The van der Waals surface area contributed by atoms with Crippen molar-refractivity contribution in [2.24, 2.45) is 5.10 Å². The first-order chi connectivity index (χ1) is 12.4. The minimum atomic E-state index is -1.21. The summed E-state index contributed by atoms with van der Waals surface area (Å²) in [6, 6.07) is 9.71. The van der Waals surface area contributed by atoms with Gasteiger partial charge in [-0.15, -0.1) is 0 Å². The molecule has 0 saturated heterocycles. The van der Waals surface area contributed by atoms with Crippen molar-refractivity contribution < 1.29 is 19.8 Å². The Morgan fingerprint density at radius 2 is 2.08 bits per heavy atom. The van der Waals surface area contributed by atoms with Crippen molar-refractivity contribution >= 4 is 34.6 Å². The van der Waals surface area contributed by atoms with Crippen LogP contribution in [-0.2, 0) is 15.2 Å². The van der Waals surface area contributed by atoms with Crippen LogP contribution in [0.2, 0.25) is 0 Å². The second kappa shape index (κ2) is 7.27. The van der Waals surface area contributed by atoms with Gasteiger partial charge in [-0.2, -0.15) is 16.4 Å². The minimum Gasteiger partial charge on any atom is -0.480 e. The summed E-state index contributed by atoms with van der Waals surface area (Å²) in [6.45, 7) is 1.62. The van der Waals surface area contributed by atoms with E-state index >= 15 is 0 Å². The number of carboxylic acids is 1. The highest BCUT2D eigenvalue weighted by Crippen LogP contribution is 2.25. The SMILES string of the molecule is CC(O)(CNC(=O)C1=NN(c2ccccc2)C(C(=O)O)C1)c1ccsc1. The summed E-state index contributed by atoms with van der Waals surface area (Å²) in [6.07, 6.45) is -0.00332. The van der Waals surface area contributed by atoms with E-state index in [1.54, 1.807) is 37.3 Å². The van der Waals surface area contributed by atoms with Gasteiger partial charge in [0.25, 0.3) is 5.91 Å². The van der Waals surface area contributed by atoms with Crippen LogP contribution in [0.3, 0.4) is 0 Å². The van der Waals surface area contributed by atoms with Gasteiger partial charge in [0, 0.05) is 6.42 Å². The van der Waals surface area contributed by atoms with Crippen LogP contribution in [0.25, 0.3) is 0 Å². The van der Waals surface area contributed by atoms with E-state index in [0.29, 0.717) is 11.3 Å². The molecule has 1 amide bonds. The molecule has 26 heavy (non-hydrogen) atoms. The number of hydrazone groups is 1. The minimum absolute atomic E-state index is 0.00332. The van der Waals surface area contributed by atoms with Crippen molar-refractivity contribution in [1.82, 2.24) is 5.32 Å². The third-order valence-electron chi connectivity index (χ3n) is 4.21. The number of hydrogen-bond acceptors (Lipinski definition) is 6. The molecular formula is C18H19N3O4S. The van der Waals surface area contributed by atoms with Gasteiger partial charge in [0.15, 0.2) is 6.04 Å². The van der Waals surface area contributed by atoms with Gasteiger partial charge in [-0.1, -0.05) is 18.2 Å². The number of para-hydroxylation sites is 1. The van der Waals surface area contributed by atoms with Gasteiger partial charge in [-0.05, 0) is 41.4 Å². The van der Waals surface area contributed by atoms with E-state index in [-0.39, 0.29) is 18.7 Å². The van der Waals surface area contributed by atoms with Crippen molar-refractivity contribution in [1.29, 1.82) is 0 Å². The number of hydrogen-bond donors (Lipinski definition) is 3.